The Balaban J connectivity index is 2.48. The zero-order valence-corrected chi connectivity index (χ0v) is 16.8. The topological polar surface area (TPSA) is 47.5 Å². The Bertz CT molecular complexity index is 789. The minimum absolute atomic E-state index is 0.0856. The smallest absolute Gasteiger partial charge is 0.421 e. The summed E-state index contributed by atoms with van der Waals surface area (Å²) in [7, 11) is 1.51. The molecule has 28 heavy (non-hydrogen) atoms. The summed E-state index contributed by atoms with van der Waals surface area (Å²) in [6.45, 7) is 7.94. The van der Waals surface area contributed by atoms with E-state index < -0.39 is 17.3 Å². The van der Waals surface area contributed by atoms with E-state index in [1.165, 1.54) is 11.9 Å². The fraction of sp³-hybridized carbons (Fsp3) is 0.500. The molecule has 0 unspecified atom stereocenters. The largest absolute Gasteiger partial charge is 0.486 e. The van der Waals surface area contributed by atoms with Gasteiger partial charge in [-0.2, -0.15) is 18.2 Å². The van der Waals surface area contributed by atoms with E-state index in [1.807, 2.05) is 27.7 Å². The molecule has 2 rings (SSSR count). The SMILES string of the molecule is CCCCOc1ncc(C(F)(F)F)c(N(C)c2ccccc2OC(C)(C)C)n1. The number of nitrogens with zero attached hydrogens (tertiary/aromatic N) is 3. The van der Waals surface area contributed by atoms with Gasteiger partial charge in [0.1, 0.15) is 16.9 Å². The summed E-state index contributed by atoms with van der Waals surface area (Å²) < 4.78 is 52.0. The first-order valence-corrected chi connectivity index (χ1v) is 9.11. The maximum Gasteiger partial charge on any atom is 0.421 e. The highest BCUT2D eigenvalue weighted by molar-refractivity contribution is 5.68. The average molecular weight is 397 g/mol. The Morgan fingerprint density at radius 2 is 1.79 bits per heavy atom. The monoisotopic (exact) mass is 397 g/mol. The van der Waals surface area contributed by atoms with Crippen LogP contribution in [-0.4, -0.2) is 29.2 Å². The van der Waals surface area contributed by atoms with Crippen LogP contribution in [0.15, 0.2) is 30.5 Å². The zero-order valence-electron chi connectivity index (χ0n) is 16.8. The molecule has 8 heteroatoms. The number of benzene rings is 1. The summed E-state index contributed by atoms with van der Waals surface area (Å²) >= 11 is 0. The fourth-order valence-electron chi connectivity index (χ4n) is 2.45. The van der Waals surface area contributed by atoms with Crippen molar-refractivity contribution >= 4 is 11.5 Å². The highest BCUT2D eigenvalue weighted by Gasteiger charge is 2.37. The summed E-state index contributed by atoms with van der Waals surface area (Å²) in [5.41, 5.74) is -0.992. The average Bonchev–Trinajstić information content (AvgIpc) is 2.59. The molecule has 0 amide bonds. The van der Waals surface area contributed by atoms with Gasteiger partial charge in [0.15, 0.2) is 5.82 Å². The van der Waals surface area contributed by atoms with Gasteiger partial charge in [0.05, 0.1) is 12.3 Å². The van der Waals surface area contributed by atoms with Gasteiger partial charge < -0.3 is 14.4 Å². The lowest BCUT2D eigenvalue weighted by Gasteiger charge is -2.28. The summed E-state index contributed by atoms with van der Waals surface area (Å²) in [6.07, 6.45) is -2.19. The van der Waals surface area contributed by atoms with Crippen LogP contribution in [0.4, 0.5) is 24.7 Å². The first-order valence-electron chi connectivity index (χ1n) is 9.11. The summed E-state index contributed by atoms with van der Waals surface area (Å²) in [5, 5.41) is 0. The maximum atomic E-state index is 13.6. The molecule has 154 valence electrons. The van der Waals surface area contributed by atoms with E-state index >= 15 is 0 Å². The van der Waals surface area contributed by atoms with Crippen LogP contribution in [-0.2, 0) is 6.18 Å². The lowest BCUT2D eigenvalue weighted by molar-refractivity contribution is -0.137. The van der Waals surface area contributed by atoms with Gasteiger partial charge in [-0.25, -0.2) is 4.98 Å². The van der Waals surface area contributed by atoms with E-state index in [9.17, 15) is 13.2 Å². The van der Waals surface area contributed by atoms with Gasteiger partial charge in [0.25, 0.3) is 0 Å². The second-order valence-electron chi connectivity index (χ2n) is 7.33. The molecule has 0 saturated heterocycles. The van der Waals surface area contributed by atoms with Gasteiger partial charge in [-0.1, -0.05) is 25.5 Å². The molecule has 1 aromatic heterocycles. The molecule has 2 aromatic rings. The van der Waals surface area contributed by atoms with Gasteiger partial charge in [-0.05, 0) is 39.3 Å². The number of aromatic nitrogens is 2. The van der Waals surface area contributed by atoms with Crippen LogP contribution >= 0.6 is 0 Å². The number of hydrogen-bond donors (Lipinski definition) is 0. The van der Waals surface area contributed by atoms with E-state index in [0.29, 0.717) is 18.0 Å². The van der Waals surface area contributed by atoms with Crippen molar-refractivity contribution in [3.05, 3.63) is 36.0 Å². The Kier molecular flexibility index (Phi) is 6.74. The molecule has 0 fully saturated rings. The van der Waals surface area contributed by atoms with E-state index in [0.717, 1.165) is 19.0 Å². The number of halogens is 3. The van der Waals surface area contributed by atoms with Crippen LogP contribution in [0.2, 0.25) is 0 Å². The third-order valence-corrected chi connectivity index (χ3v) is 3.74. The summed E-state index contributed by atoms with van der Waals surface area (Å²) in [5.74, 6) is 0.164. The van der Waals surface area contributed by atoms with Gasteiger partial charge >= 0.3 is 12.2 Å². The second kappa shape index (κ2) is 8.67. The molecule has 0 spiro atoms. The molecule has 5 nitrogen and oxygen atoms in total. The molecule has 0 N–H and O–H groups in total. The van der Waals surface area contributed by atoms with E-state index in [1.54, 1.807) is 24.3 Å². The Morgan fingerprint density at radius 3 is 2.39 bits per heavy atom. The Hall–Kier alpha value is -2.51. The highest BCUT2D eigenvalue weighted by Crippen LogP contribution is 2.40. The highest BCUT2D eigenvalue weighted by atomic mass is 19.4. The van der Waals surface area contributed by atoms with E-state index in [-0.39, 0.29) is 11.8 Å². The number of hydrogen-bond acceptors (Lipinski definition) is 5. The molecular weight excluding hydrogens is 371 g/mol. The fourth-order valence-corrected chi connectivity index (χ4v) is 2.45. The molecule has 0 atom stereocenters. The Labute approximate surface area is 163 Å². The molecule has 0 saturated carbocycles. The quantitative estimate of drug-likeness (QED) is 0.568. The third-order valence-electron chi connectivity index (χ3n) is 3.74. The minimum Gasteiger partial charge on any atom is -0.486 e. The predicted molar refractivity (Wildman–Crippen MR) is 102 cm³/mol. The minimum atomic E-state index is -4.61. The van der Waals surface area contributed by atoms with E-state index in [2.05, 4.69) is 9.97 Å². The normalized spacial score (nSPS) is 12.0. The van der Waals surface area contributed by atoms with Crippen molar-refractivity contribution in [1.29, 1.82) is 0 Å². The summed E-state index contributed by atoms with van der Waals surface area (Å²) in [4.78, 5) is 9.11. The first kappa shape index (κ1) is 21.8. The first-order chi connectivity index (χ1) is 13.0. The number of anilines is 2. The Morgan fingerprint density at radius 1 is 1.11 bits per heavy atom. The molecule has 0 aliphatic rings. The summed E-state index contributed by atoms with van der Waals surface area (Å²) in [6, 6.07) is 6.81. The number of alkyl halides is 3. The van der Waals surface area contributed by atoms with Crippen molar-refractivity contribution in [3.63, 3.8) is 0 Å². The van der Waals surface area contributed by atoms with Crippen molar-refractivity contribution in [2.45, 2.75) is 52.3 Å². The number of ether oxygens (including phenoxy) is 2. The molecule has 0 bridgehead atoms. The maximum absolute atomic E-state index is 13.6. The number of para-hydroxylation sites is 2. The van der Waals surface area contributed by atoms with Crippen LogP contribution in [0, 0.1) is 0 Å². The van der Waals surface area contributed by atoms with Crippen LogP contribution in [0.1, 0.15) is 46.1 Å². The zero-order chi connectivity index (χ0) is 20.9. The van der Waals surface area contributed by atoms with Crippen molar-refractivity contribution in [2.24, 2.45) is 0 Å². The van der Waals surface area contributed by atoms with Crippen LogP contribution in [0.25, 0.3) is 0 Å². The van der Waals surface area contributed by atoms with E-state index in [4.69, 9.17) is 9.47 Å². The third kappa shape index (κ3) is 5.74. The molecule has 1 heterocycles. The van der Waals surface area contributed by atoms with Crippen molar-refractivity contribution in [1.82, 2.24) is 9.97 Å². The van der Waals surface area contributed by atoms with Crippen molar-refractivity contribution in [2.75, 3.05) is 18.6 Å². The lowest BCUT2D eigenvalue weighted by Crippen LogP contribution is -2.25. The molecular formula is C20H26F3N3O2. The standard InChI is InChI=1S/C20H26F3N3O2/c1-6-7-12-27-18-24-13-14(20(21,22)23)17(25-18)26(5)15-10-8-9-11-16(15)28-19(2,3)4/h8-11,13H,6-7,12H2,1-5H3. The molecule has 0 aliphatic carbocycles. The van der Waals surface area contributed by atoms with Crippen LogP contribution in [0.3, 0.4) is 0 Å². The molecule has 1 aromatic carbocycles. The van der Waals surface area contributed by atoms with Crippen molar-refractivity contribution in [3.8, 4) is 11.8 Å². The number of unbranched alkanes of at least 4 members (excludes halogenated alkanes) is 1. The molecule has 0 radical (unpaired) electrons. The second-order valence-corrected chi connectivity index (χ2v) is 7.33. The van der Waals surface area contributed by atoms with Gasteiger partial charge in [0, 0.05) is 13.2 Å². The molecule has 0 aliphatic heterocycles. The van der Waals surface area contributed by atoms with Crippen molar-refractivity contribution < 1.29 is 22.6 Å². The van der Waals surface area contributed by atoms with Gasteiger partial charge in [-0.15, -0.1) is 0 Å². The number of rotatable bonds is 7. The van der Waals surface area contributed by atoms with Gasteiger partial charge in [-0.3, -0.25) is 0 Å². The predicted octanol–water partition coefficient (Wildman–Crippen LogP) is 5.62. The van der Waals surface area contributed by atoms with Crippen LogP contribution < -0.4 is 14.4 Å². The van der Waals surface area contributed by atoms with Crippen LogP contribution in [0.5, 0.6) is 11.8 Å². The van der Waals surface area contributed by atoms with Gasteiger partial charge in [0.2, 0.25) is 0 Å². The lowest BCUT2D eigenvalue weighted by atomic mass is 10.1.